The van der Waals surface area contributed by atoms with Crippen molar-refractivity contribution in [1.29, 1.82) is 0 Å². The van der Waals surface area contributed by atoms with Gasteiger partial charge in [0.1, 0.15) is 0 Å². The van der Waals surface area contributed by atoms with Crippen LogP contribution in [0.5, 0.6) is 0 Å². The third-order valence-corrected chi connectivity index (χ3v) is 2.61. The van der Waals surface area contributed by atoms with Gasteiger partial charge in [-0.1, -0.05) is 19.3 Å². The number of rotatable bonds is 3. The van der Waals surface area contributed by atoms with Gasteiger partial charge in [0.05, 0.1) is 13.5 Å². The number of esters is 1. The standard InChI is InChI=1S/C11H19NO2/c1-9(8-11(13)14-2)12-10-6-4-3-5-7-10/h10H,3-8H2,1-2H3/b12-9-. The van der Waals surface area contributed by atoms with E-state index in [1.165, 1.54) is 39.2 Å². The fourth-order valence-corrected chi connectivity index (χ4v) is 1.85. The second-order valence-corrected chi connectivity index (χ2v) is 3.91. The van der Waals surface area contributed by atoms with Gasteiger partial charge in [0.25, 0.3) is 0 Å². The number of aliphatic imine (C=N–C) groups is 1. The molecule has 1 aliphatic carbocycles. The van der Waals surface area contributed by atoms with E-state index in [0.29, 0.717) is 12.5 Å². The number of hydrogen-bond donors (Lipinski definition) is 0. The van der Waals surface area contributed by atoms with E-state index in [9.17, 15) is 4.79 Å². The molecule has 0 aliphatic heterocycles. The first-order valence-electron chi connectivity index (χ1n) is 5.32. The smallest absolute Gasteiger partial charge is 0.311 e. The number of carbonyl (C=O) groups is 1. The van der Waals surface area contributed by atoms with E-state index in [4.69, 9.17) is 0 Å². The van der Waals surface area contributed by atoms with Crippen molar-refractivity contribution >= 4 is 11.7 Å². The molecule has 0 heterocycles. The van der Waals surface area contributed by atoms with Crippen LogP contribution in [0.3, 0.4) is 0 Å². The van der Waals surface area contributed by atoms with Crippen LogP contribution in [0.25, 0.3) is 0 Å². The minimum Gasteiger partial charge on any atom is -0.469 e. The van der Waals surface area contributed by atoms with Gasteiger partial charge in [0.15, 0.2) is 0 Å². The second-order valence-electron chi connectivity index (χ2n) is 3.91. The molecule has 0 saturated heterocycles. The topological polar surface area (TPSA) is 38.7 Å². The van der Waals surface area contributed by atoms with E-state index in [-0.39, 0.29) is 5.97 Å². The van der Waals surface area contributed by atoms with Crippen molar-refractivity contribution in [2.24, 2.45) is 4.99 Å². The molecule has 0 N–H and O–H groups in total. The molecule has 0 atom stereocenters. The van der Waals surface area contributed by atoms with E-state index in [1.54, 1.807) is 0 Å². The Kier molecular flexibility index (Phi) is 4.63. The van der Waals surface area contributed by atoms with Gasteiger partial charge < -0.3 is 4.74 Å². The Labute approximate surface area is 85.6 Å². The Morgan fingerprint density at radius 1 is 1.36 bits per heavy atom. The maximum Gasteiger partial charge on any atom is 0.311 e. The summed E-state index contributed by atoms with van der Waals surface area (Å²) in [7, 11) is 1.41. The van der Waals surface area contributed by atoms with Crippen molar-refractivity contribution in [3.05, 3.63) is 0 Å². The summed E-state index contributed by atoms with van der Waals surface area (Å²) in [6.07, 6.45) is 6.59. The molecule has 80 valence electrons. The summed E-state index contributed by atoms with van der Waals surface area (Å²) >= 11 is 0. The second kappa shape index (κ2) is 5.78. The van der Waals surface area contributed by atoms with Crippen molar-refractivity contribution in [2.45, 2.75) is 51.5 Å². The molecule has 14 heavy (non-hydrogen) atoms. The number of ether oxygens (including phenoxy) is 1. The molecule has 0 aromatic heterocycles. The predicted octanol–water partition coefficient (Wildman–Crippen LogP) is 2.34. The first-order chi connectivity index (χ1) is 6.72. The normalized spacial score (nSPS) is 19.4. The maximum absolute atomic E-state index is 11.0. The van der Waals surface area contributed by atoms with Crippen molar-refractivity contribution < 1.29 is 9.53 Å². The monoisotopic (exact) mass is 197 g/mol. The van der Waals surface area contributed by atoms with Gasteiger partial charge in [-0.2, -0.15) is 0 Å². The van der Waals surface area contributed by atoms with Crippen LogP contribution >= 0.6 is 0 Å². The van der Waals surface area contributed by atoms with Crippen LogP contribution in [0.15, 0.2) is 4.99 Å². The van der Waals surface area contributed by atoms with Crippen molar-refractivity contribution in [3.8, 4) is 0 Å². The fraction of sp³-hybridized carbons (Fsp3) is 0.818. The van der Waals surface area contributed by atoms with E-state index in [1.807, 2.05) is 6.92 Å². The Morgan fingerprint density at radius 2 is 2.00 bits per heavy atom. The number of nitrogens with zero attached hydrogens (tertiary/aromatic N) is 1. The SMILES string of the molecule is COC(=O)C/C(C)=N\C1CCCCC1. The summed E-state index contributed by atoms with van der Waals surface area (Å²) in [6, 6.07) is 0.452. The van der Waals surface area contributed by atoms with E-state index in [2.05, 4.69) is 9.73 Å². The molecule has 0 spiro atoms. The molecule has 0 amide bonds. The highest BCUT2D eigenvalue weighted by Crippen LogP contribution is 2.20. The molecule has 1 rings (SSSR count). The molecule has 1 fully saturated rings. The average molecular weight is 197 g/mol. The van der Waals surface area contributed by atoms with Crippen LogP contribution in [0.4, 0.5) is 0 Å². The lowest BCUT2D eigenvalue weighted by atomic mass is 9.96. The first-order valence-corrected chi connectivity index (χ1v) is 5.32. The zero-order chi connectivity index (χ0) is 10.4. The van der Waals surface area contributed by atoms with Crippen LogP contribution in [-0.4, -0.2) is 24.8 Å². The van der Waals surface area contributed by atoms with E-state index < -0.39 is 0 Å². The molecule has 0 radical (unpaired) electrons. The van der Waals surface area contributed by atoms with Crippen LogP contribution in [0.2, 0.25) is 0 Å². The number of hydrogen-bond acceptors (Lipinski definition) is 3. The zero-order valence-electron chi connectivity index (χ0n) is 9.08. The molecule has 1 saturated carbocycles. The Hall–Kier alpha value is -0.860. The third kappa shape index (κ3) is 3.90. The summed E-state index contributed by atoms with van der Waals surface area (Å²) in [5, 5.41) is 0. The number of methoxy groups -OCH3 is 1. The summed E-state index contributed by atoms with van der Waals surface area (Å²) in [4.78, 5) is 15.5. The Bertz CT molecular complexity index is 217. The molecular weight excluding hydrogens is 178 g/mol. The summed E-state index contributed by atoms with van der Waals surface area (Å²) in [5.41, 5.74) is 0.906. The van der Waals surface area contributed by atoms with Crippen LogP contribution in [-0.2, 0) is 9.53 Å². The Balaban J connectivity index is 2.37. The van der Waals surface area contributed by atoms with Gasteiger partial charge in [-0.15, -0.1) is 0 Å². The highest BCUT2D eigenvalue weighted by molar-refractivity contribution is 5.97. The van der Waals surface area contributed by atoms with Crippen molar-refractivity contribution in [1.82, 2.24) is 0 Å². The predicted molar refractivity (Wildman–Crippen MR) is 56.6 cm³/mol. The third-order valence-electron chi connectivity index (χ3n) is 2.61. The van der Waals surface area contributed by atoms with Crippen LogP contribution < -0.4 is 0 Å². The molecule has 3 heteroatoms. The lowest BCUT2D eigenvalue weighted by molar-refractivity contribution is -0.139. The lowest BCUT2D eigenvalue weighted by Crippen LogP contribution is -2.14. The molecule has 3 nitrogen and oxygen atoms in total. The summed E-state index contributed by atoms with van der Waals surface area (Å²) < 4.78 is 4.59. The van der Waals surface area contributed by atoms with Crippen molar-refractivity contribution in [3.63, 3.8) is 0 Å². The molecule has 0 aromatic carbocycles. The molecule has 1 aliphatic rings. The summed E-state index contributed by atoms with van der Waals surface area (Å²) in [6.45, 7) is 1.91. The van der Waals surface area contributed by atoms with E-state index >= 15 is 0 Å². The molecule has 0 bridgehead atoms. The van der Waals surface area contributed by atoms with Gasteiger partial charge in [-0.25, -0.2) is 0 Å². The molecular formula is C11H19NO2. The average Bonchev–Trinajstić information content (AvgIpc) is 2.19. The highest BCUT2D eigenvalue weighted by atomic mass is 16.5. The Morgan fingerprint density at radius 3 is 2.57 bits per heavy atom. The maximum atomic E-state index is 11.0. The fourth-order valence-electron chi connectivity index (χ4n) is 1.85. The largest absolute Gasteiger partial charge is 0.469 e. The first kappa shape index (κ1) is 11.2. The zero-order valence-corrected chi connectivity index (χ0v) is 9.08. The van der Waals surface area contributed by atoms with Gasteiger partial charge in [0.2, 0.25) is 0 Å². The van der Waals surface area contributed by atoms with Gasteiger partial charge in [-0.05, 0) is 19.8 Å². The lowest BCUT2D eigenvalue weighted by Gasteiger charge is -2.18. The minimum absolute atomic E-state index is 0.193. The summed E-state index contributed by atoms with van der Waals surface area (Å²) in [5.74, 6) is -0.193. The van der Waals surface area contributed by atoms with Crippen LogP contribution in [0, 0.1) is 0 Å². The van der Waals surface area contributed by atoms with Gasteiger partial charge >= 0.3 is 5.97 Å². The van der Waals surface area contributed by atoms with Crippen molar-refractivity contribution in [2.75, 3.05) is 7.11 Å². The van der Waals surface area contributed by atoms with Crippen LogP contribution in [0.1, 0.15) is 45.4 Å². The van der Waals surface area contributed by atoms with E-state index in [0.717, 1.165) is 5.71 Å². The molecule has 0 unspecified atom stereocenters. The quantitative estimate of drug-likeness (QED) is 0.514. The van der Waals surface area contributed by atoms with Gasteiger partial charge in [0, 0.05) is 11.8 Å². The van der Waals surface area contributed by atoms with Gasteiger partial charge in [-0.3, -0.25) is 9.79 Å². The highest BCUT2D eigenvalue weighted by Gasteiger charge is 2.12. The number of carbonyl (C=O) groups excluding carboxylic acids is 1. The minimum atomic E-state index is -0.193. The molecule has 0 aromatic rings.